The minimum atomic E-state index is -2.36. The molecular weight excluding hydrogens is 453 g/mol. The lowest BCUT2D eigenvalue weighted by Crippen LogP contribution is -2.19. The number of benzene rings is 2. The summed E-state index contributed by atoms with van der Waals surface area (Å²) in [5.41, 5.74) is 0.867. The smallest absolute Gasteiger partial charge is 0.349 e. The number of Topliss-reactive ketones (excluding diaryl/α,β-unsaturated/α-hetero) is 1. The summed E-state index contributed by atoms with van der Waals surface area (Å²) in [6, 6.07) is 7.12. The fourth-order valence-electron chi connectivity index (χ4n) is 2.85. The third-order valence-electron chi connectivity index (χ3n) is 4.38. The average molecular weight is 463 g/mol. The Morgan fingerprint density at radius 3 is 2.24 bits per heavy atom. The van der Waals surface area contributed by atoms with Crippen LogP contribution in [-0.2, 0) is 4.79 Å². The van der Waals surface area contributed by atoms with Crippen LogP contribution >= 0.6 is 0 Å². The lowest BCUT2D eigenvalue weighted by molar-refractivity contribution is -0.136. The highest BCUT2D eigenvalue weighted by Gasteiger charge is 2.29. The number of ketones is 1. The normalized spacial score (nSPS) is 13.6. The zero-order valence-electron chi connectivity index (χ0n) is 16.2. The van der Waals surface area contributed by atoms with Crippen LogP contribution in [0.1, 0.15) is 15.9 Å². The first-order valence-electron chi connectivity index (χ1n) is 9.09. The van der Waals surface area contributed by atoms with Gasteiger partial charge in [0, 0.05) is 18.5 Å². The van der Waals surface area contributed by atoms with E-state index in [2.05, 4.69) is 9.72 Å². The van der Waals surface area contributed by atoms with E-state index in [0.717, 1.165) is 0 Å². The van der Waals surface area contributed by atoms with Crippen LogP contribution in [0.4, 0.5) is 22.0 Å². The molecule has 6 nitrogen and oxygen atoms in total. The van der Waals surface area contributed by atoms with Gasteiger partial charge in [-0.3, -0.25) is 9.78 Å². The van der Waals surface area contributed by atoms with E-state index in [1.165, 1.54) is 36.7 Å². The largest absolute Gasteiger partial charge is 0.476 e. The highest BCUT2D eigenvalue weighted by atomic mass is 19.2. The minimum absolute atomic E-state index is 0.0225. The van der Waals surface area contributed by atoms with Crippen molar-refractivity contribution in [2.24, 2.45) is 0 Å². The molecule has 0 bridgehead atoms. The van der Waals surface area contributed by atoms with Crippen LogP contribution < -0.4 is 14.2 Å². The minimum Gasteiger partial charge on any atom is -0.476 e. The zero-order valence-corrected chi connectivity index (χ0v) is 16.2. The molecule has 1 aliphatic heterocycles. The van der Waals surface area contributed by atoms with Crippen molar-refractivity contribution in [2.45, 2.75) is 0 Å². The summed E-state index contributed by atoms with van der Waals surface area (Å²) in [6.45, 7) is -1.16. The fraction of sp³-hybridized carbons (Fsp3) is 0.0455. The third kappa shape index (κ3) is 4.25. The van der Waals surface area contributed by atoms with Gasteiger partial charge < -0.3 is 14.2 Å². The van der Waals surface area contributed by atoms with Gasteiger partial charge in [0.15, 0.2) is 18.1 Å². The predicted molar refractivity (Wildman–Crippen MR) is 101 cm³/mol. The Labute approximate surface area is 181 Å². The topological polar surface area (TPSA) is 74.7 Å². The van der Waals surface area contributed by atoms with Crippen LogP contribution in [0.2, 0.25) is 0 Å². The van der Waals surface area contributed by atoms with Gasteiger partial charge in [-0.1, -0.05) is 0 Å². The van der Waals surface area contributed by atoms with E-state index in [0.29, 0.717) is 5.56 Å². The van der Waals surface area contributed by atoms with Crippen LogP contribution in [0.3, 0.4) is 0 Å². The van der Waals surface area contributed by atoms with Crippen molar-refractivity contribution in [2.75, 3.05) is 6.61 Å². The van der Waals surface area contributed by atoms with Crippen molar-refractivity contribution in [3.8, 4) is 17.2 Å². The summed E-state index contributed by atoms with van der Waals surface area (Å²) >= 11 is 0. The second-order valence-electron chi connectivity index (χ2n) is 6.54. The number of rotatable bonds is 5. The molecule has 2 aromatic carbocycles. The van der Waals surface area contributed by atoms with E-state index < -0.39 is 53.2 Å². The summed E-state index contributed by atoms with van der Waals surface area (Å²) in [5, 5.41) is 0. The number of hydrogen-bond acceptors (Lipinski definition) is 6. The molecule has 2 heterocycles. The van der Waals surface area contributed by atoms with E-state index in [-0.39, 0.29) is 22.8 Å². The second kappa shape index (κ2) is 8.69. The maximum absolute atomic E-state index is 13.6. The molecule has 11 heteroatoms. The maximum Gasteiger partial charge on any atom is 0.349 e. The molecule has 4 rings (SSSR count). The quantitative estimate of drug-likeness (QED) is 0.140. The van der Waals surface area contributed by atoms with E-state index in [4.69, 9.17) is 9.47 Å². The molecule has 0 aliphatic carbocycles. The van der Waals surface area contributed by atoms with E-state index >= 15 is 0 Å². The van der Waals surface area contributed by atoms with Gasteiger partial charge in [-0.15, -0.1) is 0 Å². The summed E-state index contributed by atoms with van der Waals surface area (Å²) in [5.74, 6) is -14.5. The van der Waals surface area contributed by atoms with Gasteiger partial charge in [0.05, 0.1) is 5.56 Å². The molecule has 0 N–H and O–H groups in total. The molecule has 0 fully saturated rings. The summed E-state index contributed by atoms with van der Waals surface area (Å²) < 4.78 is 81.5. The van der Waals surface area contributed by atoms with Gasteiger partial charge in [-0.05, 0) is 35.9 Å². The Bertz CT molecular complexity index is 1280. The first-order chi connectivity index (χ1) is 15.8. The Morgan fingerprint density at radius 1 is 0.939 bits per heavy atom. The molecule has 0 unspecified atom stereocenters. The second-order valence-corrected chi connectivity index (χ2v) is 6.54. The van der Waals surface area contributed by atoms with Gasteiger partial charge >= 0.3 is 5.97 Å². The molecule has 0 amide bonds. The van der Waals surface area contributed by atoms with Crippen LogP contribution in [-0.4, -0.2) is 23.3 Å². The lowest BCUT2D eigenvalue weighted by Gasteiger charge is -2.10. The van der Waals surface area contributed by atoms with Crippen LogP contribution in [0.15, 0.2) is 48.5 Å². The number of pyridine rings is 1. The van der Waals surface area contributed by atoms with Gasteiger partial charge in [0.25, 0.3) is 0 Å². The molecule has 0 saturated heterocycles. The summed E-state index contributed by atoms with van der Waals surface area (Å²) in [4.78, 5) is 28.2. The van der Waals surface area contributed by atoms with Crippen LogP contribution in [0.5, 0.6) is 17.2 Å². The van der Waals surface area contributed by atoms with Crippen LogP contribution in [0, 0.1) is 29.1 Å². The molecular formula is C22H10F5NO5. The fourth-order valence-corrected chi connectivity index (χ4v) is 2.85. The first kappa shape index (κ1) is 21.9. The number of carbonyl (C=O) groups excluding carboxylic acids is 2. The van der Waals surface area contributed by atoms with E-state index in [1.807, 2.05) is 0 Å². The van der Waals surface area contributed by atoms with Crippen molar-refractivity contribution in [1.29, 1.82) is 0 Å². The molecule has 0 saturated carbocycles. The zero-order chi connectivity index (χ0) is 23.7. The highest BCUT2D eigenvalue weighted by Crippen LogP contribution is 2.35. The van der Waals surface area contributed by atoms with E-state index in [1.54, 1.807) is 12.1 Å². The Hall–Kier alpha value is -4.28. The SMILES string of the molecule is O=C(COc1c(F)c(F)c(F)c(F)c1F)Oc1ccc2c(c1)O/C(=C\c1ccncc1)C2=O. The Balaban J connectivity index is 1.45. The third-order valence-corrected chi connectivity index (χ3v) is 4.38. The number of aromatic nitrogens is 1. The van der Waals surface area contributed by atoms with Gasteiger partial charge in [-0.2, -0.15) is 8.78 Å². The number of esters is 1. The molecule has 0 atom stereocenters. The van der Waals surface area contributed by atoms with Gasteiger partial charge in [-0.25, -0.2) is 18.0 Å². The van der Waals surface area contributed by atoms with Crippen molar-refractivity contribution in [3.05, 3.63) is 88.7 Å². The lowest BCUT2D eigenvalue weighted by atomic mass is 10.1. The Kier molecular flexibility index (Phi) is 5.78. The molecule has 3 aromatic rings. The molecule has 33 heavy (non-hydrogen) atoms. The predicted octanol–water partition coefficient (Wildman–Crippen LogP) is 4.38. The molecule has 1 aromatic heterocycles. The summed E-state index contributed by atoms with van der Waals surface area (Å²) in [6.07, 6.45) is 4.56. The monoisotopic (exact) mass is 463 g/mol. The van der Waals surface area contributed by atoms with Crippen molar-refractivity contribution in [1.82, 2.24) is 4.98 Å². The molecule has 0 spiro atoms. The Morgan fingerprint density at radius 2 is 1.58 bits per heavy atom. The van der Waals surface area contributed by atoms with Gasteiger partial charge in [0.1, 0.15) is 11.5 Å². The summed E-state index contributed by atoms with van der Waals surface area (Å²) in [7, 11) is 0. The molecule has 0 radical (unpaired) electrons. The molecule has 1 aliphatic rings. The van der Waals surface area contributed by atoms with Crippen LogP contribution in [0.25, 0.3) is 6.08 Å². The standard InChI is InChI=1S/C22H10F5NO5/c23-16-17(24)19(26)22(20(27)18(16)25)31-9-15(29)32-11-1-2-12-13(8-11)33-14(21(12)30)7-10-3-5-28-6-4-10/h1-8H,9H2/b14-7-. The number of hydrogen-bond donors (Lipinski definition) is 0. The van der Waals surface area contributed by atoms with Crippen molar-refractivity contribution < 1.29 is 45.8 Å². The molecule has 168 valence electrons. The van der Waals surface area contributed by atoms with Crippen molar-refractivity contribution in [3.63, 3.8) is 0 Å². The maximum atomic E-state index is 13.6. The van der Waals surface area contributed by atoms with E-state index in [9.17, 15) is 31.5 Å². The number of carbonyl (C=O) groups is 2. The number of fused-ring (bicyclic) bond motifs is 1. The first-order valence-corrected chi connectivity index (χ1v) is 9.09. The number of allylic oxidation sites excluding steroid dienone is 1. The number of halogens is 5. The number of ether oxygens (including phenoxy) is 3. The van der Waals surface area contributed by atoms with Gasteiger partial charge in [0.2, 0.25) is 34.9 Å². The number of nitrogens with zero attached hydrogens (tertiary/aromatic N) is 1. The highest BCUT2D eigenvalue weighted by molar-refractivity contribution is 6.14. The average Bonchev–Trinajstić information content (AvgIpc) is 3.11. The van der Waals surface area contributed by atoms with Crippen molar-refractivity contribution >= 4 is 17.8 Å².